The van der Waals surface area contributed by atoms with Gasteiger partial charge in [0.1, 0.15) is 0 Å². The summed E-state index contributed by atoms with van der Waals surface area (Å²) in [4.78, 5) is 8.14. The second-order valence-corrected chi connectivity index (χ2v) is 6.89. The highest BCUT2D eigenvalue weighted by molar-refractivity contribution is 5.80. The molecule has 2 rings (SSSR count). The average Bonchev–Trinajstić information content (AvgIpc) is 3.12. The maximum atomic E-state index is 12.4. The zero-order chi connectivity index (χ0) is 17.6. The maximum absolute atomic E-state index is 12.4. The Kier molecular flexibility index (Phi) is 7.16. The molecular weight excluding hydrogens is 319 g/mol. The number of nitrogens with zero attached hydrogens (tertiary/aromatic N) is 3. The van der Waals surface area contributed by atoms with Crippen LogP contribution >= 0.6 is 0 Å². The zero-order valence-electron chi connectivity index (χ0n) is 14.7. The molecule has 2 aliphatic rings. The number of likely N-dealkylation sites (tertiary alicyclic amines) is 2. The number of hydrogen-bond acceptors (Lipinski definition) is 3. The van der Waals surface area contributed by atoms with E-state index in [0.29, 0.717) is 31.4 Å². The normalized spacial score (nSPS) is 27.0. The van der Waals surface area contributed by atoms with Gasteiger partial charge in [-0.15, -0.1) is 0 Å². The molecule has 2 heterocycles. The van der Waals surface area contributed by atoms with Gasteiger partial charge in [0, 0.05) is 39.3 Å². The maximum Gasteiger partial charge on any atom is 0.401 e. The van der Waals surface area contributed by atoms with Gasteiger partial charge < -0.3 is 15.5 Å². The summed E-state index contributed by atoms with van der Waals surface area (Å²) in [5.41, 5.74) is 0. The highest BCUT2D eigenvalue weighted by Crippen LogP contribution is 2.20. The first-order valence-corrected chi connectivity index (χ1v) is 8.88. The summed E-state index contributed by atoms with van der Waals surface area (Å²) < 4.78 is 37.3. The van der Waals surface area contributed by atoms with Crippen LogP contribution in [0.2, 0.25) is 0 Å². The van der Waals surface area contributed by atoms with Gasteiger partial charge in [-0.3, -0.25) is 9.89 Å². The van der Waals surface area contributed by atoms with Crippen LogP contribution in [0.25, 0.3) is 0 Å². The van der Waals surface area contributed by atoms with Gasteiger partial charge in [0.05, 0.1) is 6.54 Å². The highest BCUT2D eigenvalue weighted by atomic mass is 19.4. The molecule has 24 heavy (non-hydrogen) atoms. The summed E-state index contributed by atoms with van der Waals surface area (Å²) in [6.07, 6.45) is -1.04. The largest absolute Gasteiger partial charge is 0.401 e. The first-order chi connectivity index (χ1) is 11.4. The summed E-state index contributed by atoms with van der Waals surface area (Å²) in [7, 11) is 1.70. The molecule has 2 atom stereocenters. The quantitative estimate of drug-likeness (QED) is 0.564. The number of alkyl halides is 3. The summed E-state index contributed by atoms with van der Waals surface area (Å²) in [6, 6.07) is 0.0266. The van der Waals surface area contributed by atoms with Crippen molar-refractivity contribution in [2.45, 2.75) is 38.4 Å². The van der Waals surface area contributed by atoms with E-state index in [1.165, 1.54) is 17.7 Å². The molecule has 5 nitrogen and oxygen atoms in total. The summed E-state index contributed by atoms with van der Waals surface area (Å²) in [6.45, 7) is 6.53. The zero-order valence-corrected chi connectivity index (χ0v) is 14.7. The van der Waals surface area contributed by atoms with E-state index in [-0.39, 0.29) is 6.04 Å². The number of rotatable bonds is 6. The predicted octanol–water partition coefficient (Wildman–Crippen LogP) is 1.52. The number of aliphatic imine (C=N–C) groups is 1. The Labute approximate surface area is 142 Å². The number of nitrogens with one attached hydrogen (secondary N) is 2. The average molecular weight is 349 g/mol. The first-order valence-electron chi connectivity index (χ1n) is 8.88. The van der Waals surface area contributed by atoms with Crippen LogP contribution in [0.1, 0.15) is 26.2 Å². The Morgan fingerprint density at radius 2 is 1.92 bits per heavy atom. The van der Waals surface area contributed by atoms with Crippen LogP contribution in [0, 0.1) is 5.92 Å². The van der Waals surface area contributed by atoms with Gasteiger partial charge in [-0.1, -0.05) is 6.92 Å². The van der Waals surface area contributed by atoms with Crippen molar-refractivity contribution < 1.29 is 13.2 Å². The van der Waals surface area contributed by atoms with E-state index in [1.807, 2.05) is 0 Å². The minimum absolute atomic E-state index is 0.0266. The van der Waals surface area contributed by atoms with E-state index in [2.05, 4.69) is 27.4 Å². The Bertz CT molecular complexity index is 413. The standard InChI is InChI=1S/C16H30F3N5/c1-3-6-23-7-4-13(10-23)9-21-15(20-2)22-14-5-8-24(11-14)12-16(17,18)19/h13-14H,3-12H2,1-2H3,(H2,20,21,22). The monoisotopic (exact) mass is 349 g/mol. The molecule has 0 aliphatic carbocycles. The topological polar surface area (TPSA) is 42.9 Å². The van der Waals surface area contributed by atoms with E-state index in [1.54, 1.807) is 7.05 Å². The smallest absolute Gasteiger partial charge is 0.356 e. The second kappa shape index (κ2) is 8.89. The van der Waals surface area contributed by atoms with Crippen molar-refractivity contribution in [3.05, 3.63) is 0 Å². The van der Waals surface area contributed by atoms with Crippen LogP contribution < -0.4 is 10.6 Å². The lowest BCUT2D eigenvalue weighted by atomic mass is 10.1. The number of hydrogen-bond donors (Lipinski definition) is 2. The predicted molar refractivity (Wildman–Crippen MR) is 90.2 cm³/mol. The van der Waals surface area contributed by atoms with Gasteiger partial charge in [0.25, 0.3) is 0 Å². The van der Waals surface area contributed by atoms with Crippen molar-refractivity contribution in [3.8, 4) is 0 Å². The van der Waals surface area contributed by atoms with E-state index in [4.69, 9.17) is 0 Å². The molecule has 0 bridgehead atoms. The molecule has 2 unspecified atom stereocenters. The van der Waals surface area contributed by atoms with Crippen LogP contribution in [-0.4, -0.2) is 80.8 Å². The van der Waals surface area contributed by atoms with Crippen LogP contribution in [0.5, 0.6) is 0 Å². The molecule has 0 aromatic carbocycles. The van der Waals surface area contributed by atoms with E-state index in [9.17, 15) is 13.2 Å². The minimum Gasteiger partial charge on any atom is -0.356 e. The van der Waals surface area contributed by atoms with Crippen molar-refractivity contribution in [2.24, 2.45) is 10.9 Å². The molecule has 0 amide bonds. The van der Waals surface area contributed by atoms with Crippen molar-refractivity contribution in [1.29, 1.82) is 0 Å². The fourth-order valence-corrected chi connectivity index (χ4v) is 3.58. The van der Waals surface area contributed by atoms with E-state index in [0.717, 1.165) is 26.2 Å². The van der Waals surface area contributed by atoms with Crippen molar-refractivity contribution >= 4 is 5.96 Å². The summed E-state index contributed by atoms with van der Waals surface area (Å²) in [5, 5.41) is 6.59. The molecule has 8 heteroatoms. The Morgan fingerprint density at radius 3 is 2.58 bits per heavy atom. The van der Waals surface area contributed by atoms with Crippen molar-refractivity contribution in [3.63, 3.8) is 0 Å². The third kappa shape index (κ3) is 6.47. The first kappa shape index (κ1) is 19.3. The van der Waals surface area contributed by atoms with Crippen molar-refractivity contribution in [1.82, 2.24) is 20.4 Å². The third-order valence-electron chi connectivity index (χ3n) is 4.71. The second-order valence-electron chi connectivity index (χ2n) is 6.89. The van der Waals surface area contributed by atoms with Gasteiger partial charge in [0.2, 0.25) is 0 Å². The molecule has 0 aromatic rings. The third-order valence-corrected chi connectivity index (χ3v) is 4.71. The van der Waals surface area contributed by atoms with Gasteiger partial charge in [-0.05, 0) is 38.3 Å². The van der Waals surface area contributed by atoms with Gasteiger partial charge in [0.15, 0.2) is 5.96 Å². The lowest BCUT2D eigenvalue weighted by Gasteiger charge is -2.21. The summed E-state index contributed by atoms with van der Waals surface area (Å²) in [5.74, 6) is 1.31. The van der Waals surface area contributed by atoms with Gasteiger partial charge >= 0.3 is 6.18 Å². The molecular formula is C16H30F3N5. The van der Waals surface area contributed by atoms with E-state index >= 15 is 0 Å². The van der Waals surface area contributed by atoms with Gasteiger partial charge in [-0.25, -0.2) is 0 Å². The molecule has 2 aliphatic heterocycles. The Morgan fingerprint density at radius 1 is 1.17 bits per heavy atom. The Hall–Kier alpha value is -1.02. The molecule has 2 N–H and O–H groups in total. The molecule has 0 spiro atoms. The number of halogens is 3. The molecule has 140 valence electrons. The Balaban J connectivity index is 1.68. The fraction of sp³-hybridized carbons (Fsp3) is 0.938. The SMILES string of the molecule is CCCN1CCC(CNC(=NC)NC2CCN(CC(F)(F)F)C2)C1. The summed E-state index contributed by atoms with van der Waals surface area (Å²) >= 11 is 0. The molecule has 0 aromatic heterocycles. The molecule has 0 radical (unpaired) electrons. The minimum atomic E-state index is -4.12. The highest BCUT2D eigenvalue weighted by Gasteiger charge is 2.34. The van der Waals surface area contributed by atoms with Crippen molar-refractivity contribution in [2.75, 3.05) is 52.9 Å². The lowest BCUT2D eigenvalue weighted by Crippen LogP contribution is -2.46. The lowest BCUT2D eigenvalue weighted by molar-refractivity contribution is -0.143. The molecule has 2 saturated heterocycles. The van der Waals surface area contributed by atoms with Gasteiger partial charge in [-0.2, -0.15) is 13.2 Å². The molecule has 0 saturated carbocycles. The fourth-order valence-electron chi connectivity index (χ4n) is 3.58. The molecule has 2 fully saturated rings. The van der Waals surface area contributed by atoms with E-state index < -0.39 is 12.7 Å². The van der Waals surface area contributed by atoms with Crippen LogP contribution in [0.4, 0.5) is 13.2 Å². The van der Waals surface area contributed by atoms with Crippen LogP contribution in [-0.2, 0) is 0 Å². The number of guanidine groups is 1. The van der Waals surface area contributed by atoms with Crippen LogP contribution in [0.15, 0.2) is 4.99 Å². The van der Waals surface area contributed by atoms with Crippen LogP contribution in [0.3, 0.4) is 0 Å².